The number of morpholine rings is 1. The molecule has 0 saturated carbocycles. The largest absolute Gasteiger partial charge is 0.491 e. The molecule has 2 N–H and O–H groups in total. The zero-order valence-corrected chi connectivity index (χ0v) is 14.5. The number of benzene rings is 1. The van der Waals surface area contributed by atoms with Crippen LogP contribution < -0.4 is 4.74 Å². The lowest BCUT2D eigenvalue weighted by Crippen LogP contribution is -2.38. The average Bonchev–Trinajstić information content (AvgIpc) is 2.51. The highest BCUT2D eigenvalue weighted by Crippen LogP contribution is 2.27. The molecule has 0 aliphatic carbocycles. The molecule has 1 aromatic rings. The van der Waals surface area contributed by atoms with Gasteiger partial charge in [-0.3, -0.25) is 4.90 Å². The molecule has 0 bridgehead atoms. The minimum atomic E-state index is -1.82. The SMILES string of the molecule is Clc1cc(Br)ccc1OCCN1CCOCC1.O=C(O)C(=O)O. The Kier molecular flexibility index (Phi) is 8.93. The van der Waals surface area contributed by atoms with E-state index in [0.29, 0.717) is 11.6 Å². The molecule has 2 rings (SSSR count). The highest BCUT2D eigenvalue weighted by atomic mass is 79.9. The molecule has 0 aromatic heterocycles. The molecular weight excluding hydrogens is 394 g/mol. The minimum absolute atomic E-state index is 0.640. The number of hydrogen-bond acceptors (Lipinski definition) is 5. The number of ether oxygens (including phenoxy) is 2. The molecule has 7 nitrogen and oxygen atoms in total. The zero-order chi connectivity index (χ0) is 17.2. The summed E-state index contributed by atoms with van der Waals surface area (Å²) in [5.41, 5.74) is 0. The number of rotatable bonds is 4. The Morgan fingerprint density at radius 3 is 2.39 bits per heavy atom. The van der Waals surface area contributed by atoms with Crippen LogP contribution in [0.1, 0.15) is 0 Å². The van der Waals surface area contributed by atoms with E-state index in [0.717, 1.165) is 43.1 Å². The summed E-state index contributed by atoms with van der Waals surface area (Å²) in [7, 11) is 0. The fraction of sp³-hybridized carbons (Fsp3) is 0.429. The maximum absolute atomic E-state index is 9.10. The molecule has 1 heterocycles. The van der Waals surface area contributed by atoms with E-state index < -0.39 is 11.9 Å². The predicted octanol–water partition coefficient (Wildman–Crippen LogP) is 1.97. The van der Waals surface area contributed by atoms with Gasteiger partial charge in [0.15, 0.2) is 0 Å². The van der Waals surface area contributed by atoms with E-state index >= 15 is 0 Å². The second-order valence-corrected chi connectivity index (χ2v) is 5.81. The van der Waals surface area contributed by atoms with Gasteiger partial charge in [-0.2, -0.15) is 0 Å². The molecule has 9 heteroatoms. The third kappa shape index (κ3) is 8.17. The molecule has 1 aliphatic rings. The van der Waals surface area contributed by atoms with Crippen molar-refractivity contribution in [1.82, 2.24) is 4.90 Å². The Balaban J connectivity index is 0.000000379. The number of carboxylic acid groups (broad SMARTS) is 2. The highest BCUT2D eigenvalue weighted by Gasteiger charge is 2.10. The molecule has 0 atom stereocenters. The van der Waals surface area contributed by atoms with Gasteiger partial charge in [-0.05, 0) is 18.2 Å². The summed E-state index contributed by atoms with van der Waals surface area (Å²) in [6, 6.07) is 5.65. The average molecular weight is 411 g/mol. The van der Waals surface area contributed by atoms with E-state index in [9.17, 15) is 0 Å². The molecule has 1 aliphatic heterocycles. The van der Waals surface area contributed by atoms with Crippen molar-refractivity contribution in [2.24, 2.45) is 0 Å². The highest BCUT2D eigenvalue weighted by molar-refractivity contribution is 9.10. The number of hydrogen-bond donors (Lipinski definition) is 2. The Labute approximate surface area is 146 Å². The van der Waals surface area contributed by atoms with Crippen LogP contribution in [0.4, 0.5) is 0 Å². The lowest BCUT2D eigenvalue weighted by Gasteiger charge is -2.26. The van der Waals surface area contributed by atoms with Gasteiger partial charge in [0, 0.05) is 24.1 Å². The summed E-state index contributed by atoms with van der Waals surface area (Å²) in [5, 5.41) is 15.4. The summed E-state index contributed by atoms with van der Waals surface area (Å²) < 4.78 is 11.9. The van der Waals surface area contributed by atoms with Crippen LogP contribution in [-0.2, 0) is 14.3 Å². The number of halogens is 2. The molecule has 1 fully saturated rings. The number of aliphatic carboxylic acids is 2. The Bertz CT molecular complexity index is 524. The van der Waals surface area contributed by atoms with Crippen molar-refractivity contribution in [3.63, 3.8) is 0 Å². The monoisotopic (exact) mass is 409 g/mol. The van der Waals surface area contributed by atoms with Crippen LogP contribution in [0.3, 0.4) is 0 Å². The Morgan fingerprint density at radius 2 is 1.87 bits per heavy atom. The smallest absolute Gasteiger partial charge is 0.414 e. The van der Waals surface area contributed by atoms with Crippen LogP contribution in [0.5, 0.6) is 5.75 Å². The normalized spacial score (nSPS) is 14.5. The first-order chi connectivity index (χ1) is 10.9. The lowest BCUT2D eigenvalue weighted by atomic mass is 10.3. The van der Waals surface area contributed by atoms with Crippen molar-refractivity contribution in [3.8, 4) is 5.75 Å². The van der Waals surface area contributed by atoms with Crippen molar-refractivity contribution in [2.45, 2.75) is 0 Å². The van der Waals surface area contributed by atoms with Crippen LogP contribution in [0.2, 0.25) is 5.02 Å². The molecule has 1 aromatic carbocycles. The second kappa shape index (κ2) is 10.4. The maximum Gasteiger partial charge on any atom is 0.414 e. The van der Waals surface area contributed by atoms with Crippen LogP contribution >= 0.6 is 27.5 Å². The summed E-state index contributed by atoms with van der Waals surface area (Å²) in [6.45, 7) is 5.17. The summed E-state index contributed by atoms with van der Waals surface area (Å²) in [4.78, 5) is 20.5. The van der Waals surface area contributed by atoms with Gasteiger partial charge in [0.2, 0.25) is 0 Å². The van der Waals surface area contributed by atoms with Crippen molar-refractivity contribution < 1.29 is 29.3 Å². The fourth-order valence-corrected chi connectivity index (χ4v) is 2.43. The van der Waals surface area contributed by atoms with Gasteiger partial charge in [-0.25, -0.2) is 9.59 Å². The Morgan fingerprint density at radius 1 is 1.26 bits per heavy atom. The minimum Gasteiger partial charge on any atom is -0.491 e. The number of nitrogens with zero attached hydrogens (tertiary/aromatic N) is 1. The van der Waals surface area contributed by atoms with E-state index in [4.69, 9.17) is 40.9 Å². The summed E-state index contributed by atoms with van der Waals surface area (Å²) in [5.74, 6) is -2.91. The van der Waals surface area contributed by atoms with Gasteiger partial charge in [0.25, 0.3) is 0 Å². The molecule has 0 spiro atoms. The van der Waals surface area contributed by atoms with E-state index in [1.807, 2.05) is 18.2 Å². The third-order valence-electron chi connectivity index (χ3n) is 2.85. The standard InChI is InChI=1S/C12H15BrClNO2.C2H2O4/c13-10-1-2-12(11(14)9-10)17-8-5-15-3-6-16-7-4-15;3-1(4)2(5)6/h1-2,9H,3-8H2;(H,3,4)(H,5,6). The lowest BCUT2D eigenvalue weighted by molar-refractivity contribution is -0.159. The first kappa shape index (κ1) is 19.7. The van der Waals surface area contributed by atoms with Crippen LogP contribution in [0.15, 0.2) is 22.7 Å². The molecule has 0 amide bonds. The fourth-order valence-electron chi connectivity index (χ4n) is 1.70. The number of carboxylic acids is 2. The van der Waals surface area contributed by atoms with Crippen molar-refractivity contribution in [1.29, 1.82) is 0 Å². The van der Waals surface area contributed by atoms with Gasteiger partial charge in [0.05, 0.1) is 18.2 Å². The van der Waals surface area contributed by atoms with Crippen LogP contribution in [0.25, 0.3) is 0 Å². The third-order valence-corrected chi connectivity index (χ3v) is 3.63. The summed E-state index contributed by atoms with van der Waals surface area (Å²) in [6.07, 6.45) is 0. The molecule has 0 radical (unpaired) electrons. The van der Waals surface area contributed by atoms with E-state index in [1.54, 1.807) is 0 Å². The van der Waals surface area contributed by atoms with Crippen LogP contribution in [-0.4, -0.2) is 66.5 Å². The molecule has 128 valence electrons. The first-order valence-electron chi connectivity index (χ1n) is 6.74. The summed E-state index contributed by atoms with van der Waals surface area (Å²) >= 11 is 9.43. The maximum atomic E-state index is 9.10. The van der Waals surface area contributed by atoms with E-state index in [2.05, 4.69) is 20.8 Å². The van der Waals surface area contributed by atoms with Crippen molar-refractivity contribution in [3.05, 3.63) is 27.7 Å². The van der Waals surface area contributed by atoms with E-state index in [-0.39, 0.29) is 0 Å². The zero-order valence-electron chi connectivity index (χ0n) is 12.2. The van der Waals surface area contributed by atoms with Gasteiger partial charge >= 0.3 is 11.9 Å². The van der Waals surface area contributed by atoms with Gasteiger partial charge in [-0.15, -0.1) is 0 Å². The van der Waals surface area contributed by atoms with Gasteiger partial charge in [-0.1, -0.05) is 27.5 Å². The molecule has 0 unspecified atom stereocenters. The van der Waals surface area contributed by atoms with E-state index in [1.165, 1.54) is 0 Å². The first-order valence-corrected chi connectivity index (χ1v) is 7.91. The Hall–Kier alpha value is -1.35. The predicted molar refractivity (Wildman–Crippen MR) is 87.2 cm³/mol. The number of carbonyl (C=O) groups is 2. The quantitative estimate of drug-likeness (QED) is 0.733. The molecule has 23 heavy (non-hydrogen) atoms. The van der Waals surface area contributed by atoms with Gasteiger partial charge < -0.3 is 19.7 Å². The van der Waals surface area contributed by atoms with Crippen LogP contribution in [0, 0.1) is 0 Å². The molecule has 1 saturated heterocycles. The van der Waals surface area contributed by atoms with Gasteiger partial charge in [0.1, 0.15) is 12.4 Å². The van der Waals surface area contributed by atoms with Crippen molar-refractivity contribution >= 4 is 39.5 Å². The molecular formula is C14H17BrClNO6. The topological polar surface area (TPSA) is 96.3 Å². The van der Waals surface area contributed by atoms with Crippen molar-refractivity contribution in [2.75, 3.05) is 39.5 Å². The second-order valence-electron chi connectivity index (χ2n) is 4.49.